The topological polar surface area (TPSA) is 55.2 Å². The van der Waals surface area contributed by atoms with Crippen LogP contribution in [0.4, 0.5) is 11.4 Å². The summed E-state index contributed by atoms with van der Waals surface area (Å²) >= 11 is 6.03. The van der Waals surface area contributed by atoms with Crippen molar-refractivity contribution >= 4 is 23.0 Å². The zero-order valence-electron chi connectivity index (χ0n) is 14.1. The van der Waals surface area contributed by atoms with E-state index in [1.165, 1.54) is 0 Å². The summed E-state index contributed by atoms with van der Waals surface area (Å²) in [5.41, 5.74) is 5.13. The third kappa shape index (κ3) is 2.52. The van der Waals surface area contributed by atoms with Crippen molar-refractivity contribution in [2.45, 2.75) is 32.2 Å². The highest BCUT2D eigenvalue weighted by atomic mass is 35.5. The first-order valence-electron chi connectivity index (χ1n) is 8.44. The summed E-state index contributed by atoms with van der Waals surface area (Å²) < 4.78 is 0. The van der Waals surface area contributed by atoms with Crippen molar-refractivity contribution in [2.24, 2.45) is 5.92 Å². The summed E-state index contributed by atoms with van der Waals surface area (Å²) in [6, 6.07) is 9.48. The Bertz CT molecular complexity index is 890. The lowest BCUT2D eigenvalue weighted by molar-refractivity contribution is -0.384. The maximum Gasteiger partial charge on any atom is 0.292 e. The molecule has 2 aromatic carbocycles. The van der Waals surface area contributed by atoms with E-state index in [1.54, 1.807) is 6.07 Å². The molecule has 5 heteroatoms. The number of nitrogens with one attached hydrogen (secondary N) is 1. The van der Waals surface area contributed by atoms with Crippen molar-refractivity contribution in [3.63, 3.8) is 0 Å². The van der Waals surface area contributed by atoms with E-state index in [-0.39, 0.29) is 22.6 Å². The van der Waals surface area contributed by atoms with E-state index < -0.39 is 0 Å². The number of aryl methyl sites for hydroxylation is 1. The summed E-state index contributed by atoms with van der Waals surface area (Å²) in [5.74, 6) is 0.560. The maximum absolute atomic E-state index is 11.6. The highest BCUT2D eigenvalue weighted by Gasteiger charge is 2.41. The molecule has 1 heterocycles. The fourth-order valence-electron chi connectivity index (χ4n) is 4.22. The quantitative estimate of drug-likeness (QED) is 0.428. The molecule has 0 radical (unpaired) electrons. The van der Waals surface area contributed by atoms with Crippen LogP contribution in [0.5, 0.6) is 0 Å². The number of fused-ring (bicyclic) bond motifs is 3. The van der Waals surface area contributed by atoms with Gasteiger partial charge < -0.3 is 5.32 Å². The maximum atomic E-state index is 11.6. The number of halogens is 1. The predicted molar refractivity (Wildman–Crippen MR) is 100 cm³/mol. The molecule has 3 atom stereocenters. The number of benzene rings is 2. The molecule has 0 amide bonds. The van der Waals surface area contributed by atoms with Crippen LogP contribution in [0.1, 0.15) is 40.6 Å². The first-order valence-corrected chi connectivity index (χ1v) is 8.82. The fourth-order valence-corrected chi connectivity index (χ4v) is 4.35. The number of nitro groups is 1. The van der Waals surface area contributed by atoms with Gasteiger partial charge in [-0.25, -0.2) is 0 Å². The Labute approximate surface area is 151 Å². The molecule has 0 aromatic heterocycles. The van der Waals surface area contributed by atoms with Crippen LogP contribution < -0.4 is 5.32 Å². The van der Waals surface area contributed by atoms with Crippen LogP contribution >= 0.6 is 11.6 Å². The van der Waals surface area contributed by atoms with Gasteiger partial charge in [-0.05, 0) is 60.6 Å². The van der Waals surface area contributed by atoms with Gasteiger partial charge in [0, 0.05) is 17.0 Å². The number of allylic oxidation sites excluding steroid dienone is 2. The van der Waals surface area contributed by atoms with E-state index in [2.05, 4.69) is 24.4 Å². The lowest BCUT2D eigenvalue weighted by Gasteiger charge is -2.38. The Morgan fingerprint density at radius 1 is 1.24 bits per heavy atom. The van der Waals surface area contributed by atoms with Gasteiger partial charge >= 0.3 is 0 Å². The molecule has 4 nitrogen and oxygen atoms in total. The molecule has 1 N–H and O–H groups in total. The minimum absolute atomic E-state index is 0.0329. The van der Waals surface area contributed by atoms with Crippen LogP contribution in [0.15, 0.2) is 42.5 Å². The molecule has 25 heavy (non-hydrogen) atoms. The Balaban J connectivity index is 1.90. The lowest BCUT2D eigenvalue weighted by atomic mass is 9.74. The van der Waals surface area contributed by atoms with E-state index in [4.69, 9.17) is 11.6 Å². The van der Waals surface area contributed by atoms with Gasteiger partial charge in [0.1, 0.15) is 5.69 Å². The van der Waals surface area contributed by atoms with Crippen molar-refractivity contribution < 1.29 is 4.92 Å². The molecule has 4 rings (SSSR count). The van der Waals surface area contributed by atoms with E-state index >= 15 is 0 Å². The first kappa shape index (κ1) is 16.2. The second-order valence-electron chi connectivity index (χ2n) is 6.91. The molecule has 0 bridgehead atoms. The largest absolute Gasteiger partial charge is 0.372 e. The zero-order chi connectivity index (χ0) is 17.7. The van der Waals surface area contributed by atoms with Crippen molar-refractivity contribution in [1.82, 2.24) is 0 Å². The molecule has 2 aromatic rings. The normalized spacial score (nSPS) is 23.7. The highest BCUT2D eigenvalue weighted by molar-refractivity contribution is 6.30. The molecule has 0 saturated heterocycles. The van der Waals surface area contributed by atoms with Gasteiger partial charge in [-0.15, -0.1) is 0 Å². The number of rotatable bonds is 2. The summed E-state index contributed by atoms with van der Waals surface area (Å²) in [6.07, 6.45) is 5.37. The molecule has 2 aliphatic rings. The monoisotopic (exact) mass is 354 g/mol. The highest BCUT2D eigenvalue weighted by Crippen LogP contribution is 2.53. The third-order valence-corrected chi connectivity index (χ3v) is 5.83. The Morgan fingerprint density at radius 2 is 1.96 bits per heavy atom. The van der Waals surface area contributed by atoms with Crippen molar-refractivity contribution in [2.75, 3.05) is 5.32 Å². The van der Waals surface area contributed by atoms with Crippen LogP contribution in [0.3, 0.4) is 0 Å². The zero-order valence-corrected chi connectivity index (χ0v) is 14.9. The SMILES string of the molecule is Cc1cc([N+](=O)[O-])c2c(c1C)[C@@H]1C=CC[C@@H]1[C@@H](c1ccc(Cl)cc1)N2. The number of nitrogens with zero attached hydrogens (tertiary/aromatic N) is 1. The van der Waals surface area contributed by atoms with Crippen LogP contribution in [-0.2, 0) is 0 Å². The fraction of sp³-hybridized carbons (Fsp3) is 0.300. The van der Waals surface area contributed by atoms with Crippen molar-refractivity contribution in [3.05, 3.63) is 79.9 Å². The standard InChI is InChI=1S/C20H19ClN2O2/c1-11-10-17(23(24)25)20-18(12(11)2)15-4-3-5-16(15)19(22-20)13-6-8-14(21)9-7-13/h3-4,6-10,15-16,19,22H,5H2,1-2H3/t15-,16+,19-/m1/s1. The van der Waals surface area contributed by atoms with Crippen LogP contribution in [0.25, 0.3) is 0 Å². The Kier molecular flexibility index (Phi) is 3.80. The second kappa shape index (κ2) is 5.88. The van der Waals surface area contributed by atoms with Gasteiger partial charge in [0.05, 0.1) is 11.0 Å². The molecule has 128 valence electrons. The summed E-state index contributed by atoms with van der Waals surface area (Å²) in [6.45, 7) is 4.01. The van der Waals surface area contributed by atoms with Gasteiger partial charge in [-0.1, -0.05) is 35.9 Å². The molecule has 0 fully saturated rings. The number of anilines is 1. The summed E-state index contributed by atoms with van der Waals surface area (Å²) in [7, 11) is 0. The third-order valence-electron chi connectivity index (χ3n) is 5.57. The first-order chi connectivity index (χ1) is 12.0. The summed E-state index contributed by atoms with van der Waals surface area (Å²) in [5, 5.41) is 15.8. The van der Waals surface area contributed by atoms with Crippen LogP contribution in [-0.4, -0.2) is 4.92 Å². The summed E-state index contributed by atoms with van der Waals surface area (Å²) in [4.78, 5) is 11.4. The Hall–Kier alpha value is -2.33. The minimum Gasteiger partial charge on any atom is -0.372 e. The van der Waals surface area contributed by atoms with E-state index in [0.29, 0.717) is 16.6 Å². The average Bonchev–Trinajstić information content (AvgIpc) is 3.07. The van der Waals surface area contributed by atoms with Crippen LogP contribution in [0.2, 0.25) is 5.02 Å². The van der Waals surface area contributed by atoms with Crippen molar-refractivity contribution in [3.8, 4) is 0 Å². The molecule has 0 saturated carbocycles. The lowest BCUT2D eigenvalue weighted by Crippen LogP contribution is -2.30. The molecular formula is C20H19ClN2O2. The van der Waals surface area contributed by atoms with Gasteiger partial charge in [0.25, 0.3) is 5.69 Å². The molecule has 0 unspecified atom stereocenters. The molecular weight excluding hydrogens is 336 g/mol. The van der Waals surface area contributed by atoms with E-state index in [9.17, 15) is 10.1 Å². The molecule has 1 aliphatic heterocycles. The van der Waals surface area contributed by atoms with Crippen LogP contribution in [0, 0.1) is 29.9 Å². The number of nitro benzene ring substituents is 1. The smallest absolute Gasteiger partial charge is 0.292 e. The predicted octanol–water partition coefficient (Wildman–Crippen LogP) is 5.69. The second-order valence-corrected chi connectivity index (χ2v) is 7.35. The minimum atomic E-state index is -0.282. The Morgan fingerprint density at radius 3 is 2.64 bits per heavy atom. The van der Waals surface area contributed by atoms with Gasteiger partial charge in [-0.3, -0.25) is 10.1 Å². The van der Waals surface area contributed by atoms with Gasteiger partial charge in [-0.2, -0.15) is 0 Å². The van der Waals surface area contributed by atoms with Gasteiger partial charge in [0.15, 0.2) is 0 Å². The molecule has 1 aliphatic carbocycles. The van der Waals surface area contributed by atoms with E-state index in [0.717, 1.165) is 28.7 Å². The number of hydrogen-bond donors (Lipinski definition) is 1. The number of hydrogen-bond acceptors (Lipinski definition) is 3. The van der Waals surface area contributed by atoms with Gasteiger partial charge in [0.2, 0.25) is 0 Å². The van der Waals surface area contributed by atoms with Crippen molar-refractivity contribution in [1.29, 1.82) is 0 Å². The molecule has 0 spiro atoms. The average molecular weight is 355 g/mol. The van der Waals surface area contributed by atoms with E-state index in [1.807, 2.05) is 31.2 Å².